The van der Waals surface area contributed by atoms with Gasteiger partial charge < -0.3 is 24.0 Å². The normalized spacial score (nSPS) is 26.0. The minimum Gasteiger partial charge on any atom is -0.444 e. The Hall–Kier alpha value is -2.43. The maximum atomic E-state index is 12.2. The fourth-order valence-corrected chi connectivity index (χ4v) is 6.72. The Morgan fingerprint density at radius 1 is 0.821 bits per heavy atom. The van der Waals surface area contributed by atoms with Crippen molar-refractivity contribution in [3.63, 3.8) is 0 Å². The Bertz CT molecular complexity index is 994. The van der Waals surface area contributed by atoms with Crippen LogP contribution in [0, 0.1) is 0 Å². The van der Waals surface area contributed by atoms with Crippen LogP contribution in [0.2, 0.25) is 0 Å². The summed E-state index contributed by atoms with van der Waals surface area (Å²) in [5.74, 6) is 0. The molecule has 1 amide bonds. The molecule has 0 aliphatic carbocycles. The van der Waals surface area contributed by atoms with Crippen LogP contribution in [0.25, 0.3) is 0 Å². The molecule has 0 bridgehead atoms. The van der Waals surface area contributed by atoms with Crippen molar-refractivity contribution >= 4 is 6.09 Å². The molecule has 1 N–H and O–H groups in total. The van der Waals surface area contributed by atoms with Crippen molar-refractivity contribution in [2.24, 2.45) is 0 Å². The number of nitrogens with zero attached hydrogens (tertiary/aromatic N) is 5. The van der Waals surface area contributed by atoms with E-state index in [0.717, 1.165) is 69.4 Å². The highest BCUT2D eigenvalue weighted by Crippen LogP contribution is 2.36. The molecular weight excluding hydrogens is 496 g/mol. The van der Waals surface area contributed by atoms with Crippen molar-refractivity contribution in [2.45, 2.75) is 102 Å². The molecule has 6 rings (SSSR count). The van der Waals surface area contributed by atoms with Crippen molar-refractivity contribution in [1.82, 2.24) is 30.3 Å². The summed E-state index contributed by atoms with van der Waals surface area (Å²) in [4.78, 5) is 19.2. The predicted molar refractivity (Wildman–Crippen MR) is 147 cm³/mol. The third-order valence-corrected chi connectivity index (χ3v) is 8.55. The monoisotopic (exact) mass is 542 g/mol. The number of rotatable bonds is 4. The number of nitrogens with one attached hydrogen (secondary N) is 1. The Morgan fingerprint density at radius 3 is 1.79 bits per heavy atom. The average Bonchev–Trinajstić information content (AvgIpc) is 3.76. The molecule has 39 heavy (non-hydrogen) atoms. The predicted octanol–water partition coefficient (Wildman–Crippen LogP) is 4.77. The first-order valence-electron chi connectivity index (χ1n) is 14.9. The van der Waals surface area contributed by atoms with Gasteiger partial charge in [0.1, 0.15) is 29.5 Å². The summed E-state index contributed by atoms with van der Waals surface area (Å²) in [6.07, 6.45) is 12.5. The van der Waals surface area contributed by atoms with Crippen molar-refractivity contribution in [3.05, 3.63) is 36.0 Å². The largest absolute Gasteiger partial charge is 0.444 e. The summed E-state index contributed by atoms with van der Waals surface area (Å²) in [5.41, 5.74) is 1.73. The summed E-state index contributed by atoms with van der Waals surface area (Å²) in [5, 5.41) is 11.7. The fraction of sp³-hybridized carbons (Fsp3) is 0.759. The Labute approximate surface area is 232 Å². The van der Waals surface area contributed by atoms with E-state index in [1.807, 2.05) is 37.8 Å². The zero-order chi connectivity index (χ0) is 27.2. The van der Waals surface area contributed by atoms with Crippen LogP contribution in [0.15, 0.2) is 33.7 Å². The minimum atomic E-state index is -0.430. The maximum Gasteiger partial charge on any atom is 0.410 e. The van der Waals surface area contributed by atoms with Gasteiger partial charge in [0.25, 0.3) is 0 Å². The van der Waals surface area contributed by atoms with Crippen LogP contribution in [-0.4, -0.2) is 88.1 Å². The molecule has 0 spiro atoms. The summed E-state index contributed by atoms with van der Waals surface area (Å²) in [6.45, 7) is 11.9. The number of carbonyl (C=O) groups excluding carboxylic acids is 1. The number of hydrogen-bond acceptors (Lipinski definition) is 9. The molecule has 4 saturated heterocycles. The lowest BCUT2D eigenvalue weighted by atomic mass is 10.0. The van der Waals surface area contributed by atoms with Crippen molar-refractivity contribution < 1.29 is 18.6 Å². The second-order valence-electron chi connectivity index (χ2n) is 12.3. The Balaban J connectivity index is 0.000000168. The summed E-state index contributed by atoms with van der Waals surface area (Å²) in [6, 6.07) is 6.11. The first kappa shape index (κ1) is 28.1. The van der Waals surface area contributed by atoms with E-state index in [2.05, 4.69) is 25.4 Å². The number of ether oxygens (including phenoxy) is 1. The molecule has 6 heterocycles. The molecule has 2 aromatic rings. The van der Waals surface area contributed by atoms with Crippen LogP contribution < -0.4 is 5.32 Å². The van der Waals surface area contributed by atoms with Crippen molar-refractivity contribution in [1.29, 1.82) is 0 Å². The van der Waals surface area contributed by atoms with Gasteiger partial charge in [0.05, 0.1) is 12.1 Å². The first-order chi connectivity index (χ1) is 18.9. The number of hydrogen-bond donors (Lipinski definition) is 1. The summed E-state index contributed by atoms with van der Waals surface area (Å²) < 4.78 is 15.5. The molecule has 4 aliphatic heterocycles. The molecule has 2 atom stereocenters. The molecule has 2 unspecified atom stereocenters. The van der Waals surface area contributed by atoms with Gasteiger partial charge in [0.2, 0.25) is 0 Å². The number of carbonyl (C=O) groups is 1. The lowest BCUT2D eigenvalue weighted by molar-refractivity contribution is 0.0132. The van der Waals surface area contributed by atoms with Crippen LogP contribution in [0.5, 0.6) is 0 Å². The number of piperidine rings is 2. The van der Waals surface area contributed by atoms with E-state index in [1.54, 1.807) is 12.5 Å². The third kappa shape index (κ3) is 7.21. The SMILES string of the molecule is CC(C)(C)OC(=O)N1CCC(N2CCCC2c2ccon2)CC1.c1cc(C2CCCN2C2CCNCC2)no1. The molecule has 0 radical (unpaired) electrons. The van der Waals surface area contributed by atoms with Crippen molar-refractivity contribution in [2.75, 3.05) is 39.3 Å². The summed E-state index contributed by atoms with van der Waals surface area (Å²) >= 11 is 0. The topological polar surface area (TPSA) is 100 Å². The van der Waals surface area contributed by atoms with Gasteiger partial charge in [-0.1, -0.05) is 10.3 Å². The lowest BCUT2D eigenvalue weighted by Gasteiger charge is -2.39. The number of amides is 1. The minimum absolute atomic E-state index is 0.189. The first-order valence-corrected chi connectivity index (χ1v) is 14.9. The van der Waals surface area contributed by atoms with Crippen LogP contribution >= 0.6 is 0 Å². The summed E-state index contributed by atoms with van der Waals surface area (Å²) in [7, 11) is 0. The van der Waals surface area contributed by atoms with Crippen LogP contribution in [0.1, 0.15) is 95.6 Å². The smallest absolute Gasteiger partial charge is 0.410 e. The van der Waals surface area contributed by atoms with Gasteiger partial charge in [-0.05, 0) is 98.3 Å². The zero-order valence-electron chi connectivity index (χ0n) is 23.9. The van der Waals surface area contributed by atoms with Gasteiger partial charge in [-0.25, -0.2) is 4.79 Å². The van der Waals surface area contributed by atoms with E-state index >= 15 is 0 Å². The highest BCUT2D eigenvalue weighted by atomic mass is 16.6. The lowest BCUT2D eigenvalue weighted by Crippen LogP contribution is -2.47. The Morgan fingerprint density at radius 2 is 1.33 bits per heavy atom. The molecule has 2 aromatic heterocycles. The number of aromatic nitrogens is 2. The third-order valence-electron chi connectivity index (χ3n) is 8.55. The van der Waals surface area contributed by atoms with E-state index in [-0.39, 0.29) is 6.09 Å². The van der Waals surface area contributed by atoms with Crippen LogP contribution in [0.3, 0.4) is 0 Å². The Kier molecular flexibility index (Phi) is 9.25. The van der Waals surface area contributed by atoms with Gasteiger partial charge in [0, 0.05) is 37.3 Å². The molecule has 216 valence electrons. The molecule has 0 saturated carbocycles. The van der Waals surface area contributed by atoms with Gasteiger partial charge in [0.15, 0.2) is 0 Å². The van der Waals surface area contributed by atoms with E-state index < -0.39 is 5.60 Å². The van der Waals surface area contributed by atoms with Crippen LogP contribution in [0.4, 0.5) is 4.79 Å². The molecule has 10 heteroatoms. The molecule has 4 fully saturated rings. The molecule has 0 aromatic carbocycles. The van der Waals surface area contributed by atoms with Gasteiger partial charge in [-0.2, -0.15) is 0 Å². The van der Waals surface area contributed by atoms with Crippen molar-refractivity contribution in [3.8, 4) is 0 Å². The quantitative estimate of drug-likeness (QED) is 0.585. The second-order valence-corrected chi connectivity index (χ2v) is 12.3. The standard InChI is InChI=1S/C17H27N3O3.C12H19N3O/c1-17(2,3)23-16(21)19-10-6-13(7-11-19)20-9-4-5-15(20)14-8-12-22-18-14;1-2-12(11-5-9-16-14-11)15(8-1)10-3-6-13-7-4-10/h8,12-13,15H,4-7,9-11H2,1-3H3;5,9-10,12-13H,1-4,6-8H2. The van der Waals surface area contributed by atoms with E-state index in [9.17, 15) is 4.79 Å². The van der Waals surface area contributed by atoms with Gasteiger partial charge in [-0.15, -0.1) is 0 Å². The average molecular weight is 543 g/mol. The van der Waals surface area contributed by atoms with Gasteiger partial charge >= 0.3 is 6.09 Å². The maximum absolute atomic E-state index is 12.2. The highest BCUT2D eigenvalue weighted by molar-refractivity contribution is 5.68. The van der Waals surface area contributed by atoms with E-state index in [1.165, 1.54) is 38.6 Å². The zero-order valence-corrected chi connectivity index (χ0v) is 23.9. The second kappa shape index (κ2) is 12.8. The highest BCUT2D eigenvalue weighted by Gasteiger charge is 2.36. The fourth-order valence-electron chi connectivity index (χ4n) is 6.72. The van der Waals surface area contributed by atoms with E-state index in [0.29, 0.717) is 18.1 Å². The molecule has 10 nitrogen and oxygen atoms in total. The molecular formula is C29H46N6O4. The van der Waals surface area contributed by atoms with Crippen LogP contribution in [-0.2, 0) is 4.74 Å². The van der Waals surface area contributed by atoms with E-state index in [4.69, 9.17) is 13.8 Å². The van der Waals surface area contributed by atoms with Gasteiger partial charge in [-0.3, -0.25) is 9.80 Å². The molecule has 4 aliphatic rings. The number of likely N-dealkylation sites (tertiary alicyclic amines) is 3.